The van der Waals surface area contributed by atoms with Crippen molar-refractivity contribution in [2.75, 3.05) is 0 Å². The van der Waals surface area contributed by atoms with E-state index in [1.54, 1.807) is 6.92 Å². The van der Waals surface area contributed by atoms with E-state index < -0.39 is 0 Å². The van der Waals surface area contributed by atoms with Gasteiger partial charge in [0, 0.05) is 5.57 Å². The van der Waals surface area contributed by atoms with E-state index in [2.05, 4.69) is 6.58 Å². The molecule has 0 bridgehead atoms. The van der Waals surface area contributed by atoms with Crippen molar-refractivity contribution in [1.29, 1.82) is 5.26 Å². The summed E-state index contributed by atoms with van der Waals surface area (Å²) in [6.07, 6.45) is 1.46. The topological polar surface area (TPSA) is 23.8 Å². The van der Waals surface area contributed by atoms with Crippen LogP contribution in [0.25, 0.3) is 0 Å². The van der Waals surface area contributed by atoms with Gasteiger partial charge in [-0.25, -0.2) is 0 Å². The SMILES string of the molecule is [B]/C(C=C)=C(/C)C#N. The summed E-state index contributed by atoms with van der Waals surface area (Å²) in [5.74, 6) is 0. The molecule has 0 aromatic rings. The maximum atomic E-state index is 8.20. The molecule has 0 N–H and O–H groups in total. The summed E-state index contributed by atoms with van der Waals surface area (Å²) in [6.45, 7) is 5.05. The highest BCUT2D eigenvalue weighted by Crippen LogP contribution is 1.96. The van der Waals surface area contributed by atoms with Gasteiger partial charge in [-0.3, -0.25) is 0 Å². The first-order valence-electron chi connectivity index (χ1n) is 2.21. The first-order chi connectivity index (χ1) is 3.72. The van der Waals surface area contributed by atoms with Gasteiger partial charge in [0.05, 0.1) is 6.07 Å². The Morgan fingerprint density at radius 2 is 2.38 bits per heavy atom. The summed E-state index contributed by atoms with van der Waals surface area (Å²) < 4.78 is 0. The Morgan fingerprint density at radius 3 is 2.50 bits per heavy atom. The summed E-state index contributed by atoms with van der Waals surface area (Å²) in [7, 11) is 5.27. The Hall–Kier alpha value is -0.965. The second-order valence-electron chi connectivity index (χ2n) is 1.40. The van der Waals surface area contributed by atoms with Crippen molar-refractivity contribution in [1.82, 2.24) is 0 Å². The third-order valence-electron chi connectivity index (χ3n) is 0.821. The average molecular weight is 103 g/mol. The second-order valence-corrected chi connectivity index (χ2v) is 1.40. The lowest BCUT2D eigenvalue weighted by Crippen LogP contribution is -1.78. The molecule has 0 aliphatic rings. The monoisotopic (exact) mass is 103 g/mol. The first kappa shape index (κ1) is 7.03. The largest absolute Gasteiger partial charge is 0.193 e. The molecule has 0 saturated heterocycles. The fraction of sp³-hybridized carbons (Fsp3) is 0.167. The number of hydrogen-bond acceptors (Lipinski definition) is 1. The van der Waals surface area contributed by atoms with Gasteiger partial charge >= 0.3 is 0 Å². The van der Waals surface area contributed by atoms with E-state index in [0.717, 1.165) is 0 Å². The van der Waals surface area contributed by atoms with Crippen molar-refractivity contribution in [3.05, 3.63) is 23.7 Å². The number of hydrogen-bond donors (Lipinski definition) is 0. The van der Waals surface area contributed by atoms with Crippen molar-refractivity contribution in [2.24, 2.45) is 0 Å². The second kappa shape index (κ2) is 3.09. The van der Waals surface area contributed by atoms with Crippen LogP contribution in [-0.2, 0) is 0 Å². The Labute approximate surface area is 50.7 Å². The first-order valence-corrected chi connectivity index (χ1v) is 2.21. The van der Waals surface area contributed by atoms with Crippen LogP contribution in [0.5, 0.6) is 0 Å². The van der Waals surface area contributed by atoms with Crippen LogP contribution in [0.4, 0.5) is 0 Å². The Bertz CT molecular complexity index is 162. The van der Waals surface area contributed by atoms with Crippen molar-refractivity contribution >= 4 is 7.85 Å². The normalized spacial score (nSPS) is 11.5. The molecule has 1 nitrogen and oxygen atoms in total. The van der Waals surface area contributed by atoms with E-state index in [0.29, 0.717) is 11.0 Å². The quantitative estimate of drug-likeness (QED) is 0.277. The standard InChI is InChI=1S/C6H6BN/c1-3-6(7)5(2)4-8/h3H,1H2,2H3/b6-5-. The van der Waals surface area contributed by atoms with Gasteiger partial charge in [0.2, 0.25) is 0 Å². The van der Waals surface area contributed by atoms with Gasteiger partial charge in [-0.2, -0.15) is 5.26 Å². The van der Waals surface area contributed by atoms with Crippen LogP contribution in [0.2, 0.25) is 0 Å². The summed E-state index contributed by atoms with van der Waals surface area (Å²) in [5, 5.41) is 8.20. The van der Waals surface area contributed by atoms with Gasteiger partial charge in [-0.15, -0.1) is 0 Å². The fourth-order valence-electron chi connectivity index (χ4n) is 0.218. The number of nitriles is 1. The van der Waals surface area contributed by atoms with Crippen molar-refractivity contribution in [3.63, 3.8) is 0 Å². The molecule has 0 saturated carbocycles. The van der Waals surface area contributed by atoms with Gasteiger partial charge in [0.25, 0.3) is 0 Å². The maximum Gasteiger partial charge on any atom is 0.115 e. The van der Waals surface area contributed by atoms with Crippen LogP contribution >= 0.6 is 0 Å². The van der Waals surface area contributed by atoms with Crippen molar-refractivity contribution < 1.29 is 0 Å². The van der Waals surface area contributed by atoms with Crippen LogP contribution < -0.4 is 0 Å². The minimum absolute atomic E-state index is 0.451. The third-order valence-corrected chi connectivity index (χ3v) is 0.821. The maximum absolute atomic E-state index is 8.20. The molecule has 0 atom stereocenters. The van der Waals surface area contributed by atoms with Gasteiger partial charge < -0.3 is 0 Å². The molecule has 0 unspecified atom stereocenters. The van der Waals surface area contributed by atoms with E-state index in [1.165, 1.54) is 6.08 Å². The smallest absolute Gasteiger partial charge is 0.115 e. The molecule has 2 radical (unpaired) electrons. The average Bonchev–Trinajstić information content (AvgIpc) is 1.84. The molecular weight excluding hydrogens is 96.9 g/mol. The zero-order chi connectivity index (χ0) is 6.57. The zero-order valence-corrected chi connectivity index (χ0v) is 4.81. The lowest BCUT2D eigenvalue weighted by molar-refractivity contribution is 1.43. The van der Waals surface area contributed by atoms with Crippen LogP contribution in [0.15, 0.2) is 23.7 Å². The summed E-state index contributed by atoms with van der Waals surface area (Å²) in [6, 6.07) is 1.90. The van der Waals surface area contributed by atoms with Gasteiger partial charge in [0.1, 0.15) is 7.85 Å². The number of nitrogens with zero attached hydrogens (tertiary/aromatic N) is 1. The molecule has 0 amide bonds. The van der Waals surface area contributed by atoms with E-state index in [1.807, 2.05) is 6.07 Å². The number of rotatable bonds is 1. The van der Waals surface area contributed by atoms with E-state index in [9.17, 15) is 0 Å². The lowest BCUT2D eigenvalue weighted by Gasteiger charge is -1.88. The molecule has 0 aliphatic heterocycles. The van der Waals surface area contributed by atoms with E-state index in [4.69, 9.17) is 13.1 Å². The van der Waals surface area contributed by atoms with Crippen LogP contribution in [0.1, 0.15) is 6.92 Å². The molecular formula is C6H6BN. The molecule has 0 rings (SSSR count). The molecule has 0 heterocycles. The Morgan fingerprint density at radius 1 is 1.88 bits per heavy atom. The highest BCUT2D eigenvalue weighted by molar-refractivity contribution is 6.24. The Kier molecular flexibility index (Phi) is 2.72. The highest BCUT2D eigenvalue weighted by atomic mass is 14.2. The number of allylic oxidation sites excluding steroid dienone is 3. The van der Waals surface area contributed by atoms with Crippen LogP contribution in [0.3, 0.4) is 0 Å². The predicted octanol–water partition coefficient (Wildman–Crippen LogP) is 1.14. The Balaban J connectivity index is 4.33. The lowest BCUT2D eigenvalue weighted by atomic mass is 9.92. The van der Waals surface area contributed by atoms with Gasteiger partial charge in [-0.1, -0.05) is 18.1 Å². The predicted molar refractivity (Wildman–Crippen MR) is 34.3 cm³/mol. The molecule has 0 spiro atoms. The molecule has 0 aromatic heterocycles. The summed E-state index contributed by atoms with van der Waals surface area (Å²) >= 11 is 0. The molecule has 0 aliphatic carbocycles. The van der Waals surface area contributed by atoms with Crippen LogP contribution in [0, 0.1) is 11.3 Å². The minimum Gasteiger partial charge on any atom is -0.193 e. The van der Waals surface area contributed by atoms with Crippen molar-refractivity contribution in [3.8, 4) is 6.07 Å². The molecule has 2 heteroatoms. The van der Waals surface area contributed by atoms with E-state index >= 15 is 0 Å². The molecule has 8 heavy (non-hydrogen) atoms. The van der Waals surface area contributed by atoms with Crippen LogP contribution in [-0.4, -0.2) is 7.85 Å². The minimum atomic E-state index is 0.451. The highest BCUT2D eigenvalue weighted by Gasteiger charge is 1.85. The zero-order valence-electron chi connectivity index (χ0n) is 4.81. The fourth-order valence-corrected chi connectivity index (χ4v) is 0.218. The molecule has 38 valence electrons. The van der Waals surface area contributed by atoms with Gasteiger partial charge in [-0.05, 0) is 6.92 Å². The van der Waals surface area contributed by atoms with E-state index in [-0.39, 0.29) is 0 Å². The summed E-state index contributed by atoms with van der Waals surface area (Å²) in [5.41, 5.74) is 0.965. The van der Waals surface area contributed by atoms with Crippen molar-refractivity contribution in [2.45, 2.75) is 6.92 Å². The molecule has 0 aromatic carbocycles. The molecule has 0 fully saturated rings. The third kappa shape index (κ3) is 1.66. The van der Waals surface area contributed by atoms with Gasteiger partial charge in [0.15, 0.2) is 0 Å². The summed E-state index contributed by atoms with van der Waals surface area (Å²) in [4.78, 5) is 0.